The van der Waals surface area contributed by atoms with Crippen LogP contribution in [0.1, 0.15) is 44.0 Å². The van der Waals surface area contributed by atoms with Crippen LogP contribution in [0.4, 0.5) is 0 Å². The number of aromatic nitrogens is 3. The lowest BCUT2D eigenvalue weighted by Gasteiger charge is -2.31. The van der Waals surface area contributed by atoms with E-state index in [2.05, 4.69) is 33.4 Å². The van der Waals surface area contributed by atoms with Gasteiger partial charge >= 0.3 is 0 Å². The van der Waals surface area contributed by atoms with Crippen molar-refractivity contribution in [2.45, 2.75) is 38.3 Å². The Bertz CT molecular complexity index is 739. The van der Waals surface area contributed by atoms with Gasteiger partial charge in [0.25, 0.3) is 0 Å². The van der Waals surface area contributed by atoms with Crippen LogP contribution < -0.4 is 10.5 Å². The number of nitrogens with zero attached hydrogens (tertiary/aromatic N) is 4. The molecule has 6 heteroatoms. The Morgan fingerprint density at radius 1 is 1.27 bits per heavy atom. The molecule has 140 valence electrons. The van der Waals surface area contributed by atoms with Crippen molar-refractivity contribution in [1.29, 1.82) is 0 Å². The molecule has 0 aliphatic carbocycles. The van der Waals surface area contributed by atoms with Crippen LogP contribution in [-0.2, 0) is 5.54 Å². The van der Waals surface area contributed by atoms with E-state index in [1.807, 2.05) is 42.9 Å². The van der Waals surface area contributed by atoms with Gasteiger partial charge < -0.3 is 10.5 Å². The molecule has 1 fully saturated rings. The first-order valence-corrected chi connectivity index (χ1v) is 9.20. The standard InChI is InChI=1S/C20H29N5O/c1-20(2,21)19-15-25(23-22-19)17-10-13-24(14-11-17)12-6-8-16-7-4-5-9-18(16)26-3/h4-9,15,17H,10-14,21H2,1-3H3/b8-6+. The van der Waals surface area contributed by atoms with E-state index in [1.165, 1.54) is 0 Å². The number of benzene rings is 1. The van der Waals surface area contributed by atoms with Crippen LogP contribution in [0, 0.1) is 0 Å². The molecule has 0 amide bonds. The number of methoxy groups -OCH3 is 1. The highest BCUT2D eigenvalue weighted by Crippen LogP contribution is 2.24. The van der Waals surface area contributed by atoms with Crippen LogP contribution in [0.15, 0.2) is 36.5 Å². The molecule has 0 bridgehead atoms. The zero-order chi connectivity index (χ0) is 18.6. The van der Waals surface area contributed by atoms with E-state index < -0.39 is 5.54 Å². The van der Waals surface area contributed by atoms with Crippen LogP contribution >= 0.6 is 0 Å². The molecule has 1 aliphatic rings. The molecule has 0 unspecified atom stereocenters. The van der Waals surface area contributed by atoms with Crippen molar-refractivity contribution in [3.8, 4) is 5.75 Å². The summed E-state index contributed by atoms with van der Waals surface area (Å²) in [6, 6.07) is 8.49. The number of hydrogen-bond acceptors (Lipinski definition) is 5. The average molecular weight is 355 g/mol. The summed E-state index contributed by atoms with van der Waals surface area (Å²) >= 11 is 0. The molecule has 1 aromatic heterocycles. The molecule has 26 heavy (non-hydrogen) atoms. The minimum atomic E-state index is -0.442. The third-order valence-electron chi connectivity index (χ3n) is 4.90. The third-order valence-corrected chi connectivity index (χ3v) is 4.90. The van der Waals surface area contributed by atoms with E-state index in [0.717, 1.165) is 49.5 Å². The van der Waals surface area contributed by atoms with Crippen molar-refractivity contribution in [2.24, 2.45) is 5.73 Å². The lowest BCUT2D eigenvalue weighted by Crippen LogP contribution is -2.35. The molecule has 0 atom stereocenters. The summed E-state index contributed by atoms with van der Waals surface area (Å²) in [5.74, 6) is 0.910. The van der Waals surface area contributed by atoms with Crippen molar-refractivity contribution >= 4 is 6.08 Å². The van der Waals surface area contributed by atoms with Gasteiger partial charge in [0.05, 0.1) is 24.9 Å². The second-order valence-corrected chi connectivity index (χ2v) is 7.48. The first-order chi connectivity index (χ1) is 12.5. The van der Waals surface area contributed by atoms with Gasteiger partial charge in [0.15, 0.2) is 0 Å². The fraction of sp³-hybridized carbons (Fsp3) is 0.500. The first-order valence-electron chi connectivity index (χ1n) is 9.20. The van der Waals surface area contributed by atoms with Gasteiger partial charge in [-0.05, 0) is 32.8 Å². The number of nitrogens with two attached hydrogens (primary N) is 1. The lowest BCUT2D eigenvalue weighted by molar-refractivity contribution is 0.194. The highest BCUT2D eigenvalue weighted by atomic mass is 16.5. The smallest absolute Gasteiger partial charge is 0.126 e. The van der Waals surface area contributed by atoms with Crippen LogP contribution in [0.2, 0.25) is 0 Å². The van der Waals surface area contributed by atoms with Gasteiger partial charge in [0.2, 0.25) is 0 Å². The first kappa shape index (κ1) is 18.6. The molecule has 2 aromatic rings. The normalized spacial score (nSPS) is 17.1. The highest BCUT2D eigenvalue weighted by molar-refractivity contribution is 5.57. The maximum absolute atomic E-state index is 6.10. The molecule has 3 rings (SSSR count). The van der Waals surface area contributed by atoms with E-state index in [-0.39, 0.29) is 0 Å². The number of likely N-dealkylation sites (tertiary alicyclic amines) is 1. The van der Waals surface area contributed by atoms with Gasteiger partial charge in [-0.3, -0.25) is 4.90 Å². The summed E-state index contributed by atoms with van der Waals surface area (Å²) in [6.45, 7) is 6.98. The number of piperidine rings is 1. The number of ether oxygens (including phenoxy) is 1. The van der Waals surface area contributed by atoms with E-state index in [1.54, 1.807) is 7.11 Å². The highest BCUT2D eigenvalue weighted by Gasteiger charge is 2.24. The Kier molecular flexibility index (Phi) is 5.74. The molecule has 2 heterocycles. The third kappa shape index (κ3) is 4.51. The summed E-state index contributed by atoms with van der Waals surface area (Å²) in [6.07, 6.45) is 8.51. The Labute approximate surface area is 155 Å². The van der Waals surface area contributed by atoms with Gasteiger partial charge in [-0.2, -0.15) is 0 Å². The summed E-state index contributed by atoms with van der Waals surface area (Å²) in [5, 5.41) is 8.53. The maximum atomic E-state index is 6.10. The monoisotopic (exact) mass is 355 g/mol. The van der Waals surface area contributed by atoms with E-state index in [4.69, 9.17) is 10.5 Å². The summed E-state index contributed by atoms with van der Waals surface area (Å²) in [7, 11) is 1.71. The largest absolute Gasteiger partial charge is 0.496 e. The summed E-state index contributed by atoms with van der Waals surface area (Å²) in [5.41, 5.74) is 7.62. The predicted octanol–water partition coefficient (Wildman–Crippen LogP) is 2.83. The number of rotatable bonds is 6. The minimum absolute atomic E-state index is 0.410. The molecule has 2 N–H and O–H groups in total. The Morgan fingerprint density at radius 3 is 2.65 bits per heavy atom. The Morgan fingerprint density at radius 2 is 2.00 bits per heavy atom. The van der Waals surface area contributed by atoms with Crippen molar-refractivity contribution in [3.63, 3.8) is 0 Å². The van der Waals surface area contributed by atoms with Crippen LogP contribution in [0.25, 0.3) is 6.08 Å². The average Bonchev–Trinajstić information content (AvgIpc) is 3.13. The van der Waals surface area contributed by atoms with Gasteiger partial charge in [0, 0.05) is 25.2 Å². The fourth-order valence-electron chi connectivity index (χ4n) is 3.25. The van der Waals surface area contributed by atoms with Gasteiger partial charge in [-0.15, -0.1) is 5.10 Å². The van der Waals surface area contributed by atoms with Gasteiger partial charge in [0.1, 0.15) is 11.4 Å². The molecule has 1 saturated heterocycles. The molecule has 0 radical (unpaired) electrons. The van der Waals surface area contributed by atoms with Crippen molar-refractivity contribution < 1.29 is 4.74 Å². The zero-order valence-electron chi connectivity index (χ0n) is 15.9. The predicted molar refractivity (Wildman–Crippen MR) is 104 cm³/mol. The summed E-state index contributed by atoms with van der Waals surface area (Å²) in [4.78, 5) is 2.47. The van der Waals surface area contributed by atoms with Crippen molar-refractivity contribution in [1.82, 2.24) is 19.9 Å². The van der Waals surface area contributed by atoms with E-state index >= 15 is 0 Å². The fourth-order valence-corrected chi connectivity index (χ4v) is 3.25. The number of para-hydroxylation sites is 1. The number of hydrogen-bond donors (Lipinski definition) is 1. The molecule has 1 aliphatic heterocycles. The SMILES string of the molecule is COc1ccccc1/C=C/CN1CCC(n2cc(C(C)(C)N)nn2)CC1. The van der Waals surface area contributed by atoms with E-state index in [9.17, 15) is 0 Å². The van der Waals surface area contributed by atoms with E-state index in [0.29, 0.717) is 6.04 Å². The Balaban J connectivity index is 1.51. The van der Waals surface area contributed by atoms with Crippen molar-refractivity contribution in [3.05, 3.63) is 47.8 Å². The Hall–Kier alpha value is -2.18. The maximum Gasteiger partial charge on any atom is 0.126 e. The minimum Gasteiger partial charge on any atom is -0.496 e. The van der Waals surface area contributed by atoms with Gasteiger partial charge in [-0.25, -0.2) is 4.68 Å². The molecule has 1 aromatic carbocycles. The van der Waals surface area contributed by atoms with Crippen molar-refractivity contribution in [2.75, 3.05) is 26.7 Å². The van der Waals surface area contributed by atoms with Crippen LogP contribution in [0.5, 0.6) is 5.75 Å². The lowest BCUT2D eigenvalue weighted by atomic mass is 10.0. The topological polar surface area (TPSA) is 69.2 Å². The van der Waals surface area contributed by atoms with Crippen LogP contribution in [0.3, 0.4) is 0 Å². The quantitative estimate of drug-likeness (QED) is 0.863. The molecular weight excluding hydrogens is 326 g/mol. The van der Waals surface area contributed by atoms with Gasteiger partial charge in [-0.1, -0.05) is 35.6 Å². The zero-order valence-corrected chi connectivity index (χ0v) is 15.9. The second kappa shape index (κ2) is 8.01. The summed E-state index contributed by atoms with van der Waals surface area (Å²) < 4.78 is 7.38. The molecule has 0 spiro atoms. The molecule has 6 nitrogen and oxygen atoms in total. The molecular formula is C20H29N5O. The molecule has 0 saturated carbocycles. The van der Waals surface area contributed by atoms with Crippen LogP contribution in [-0.4, -0.2) is 46.6 Å². The second-order valence-electron chi connectivity index (χ2n) is 7.48.